The van der Waals surface area contributed by atoms with Gasteiger partial charge in [0.15, 0.2) is 11.0 Å². The molecule has 2 aromatic heterocycles. The van der Waals surface area contributed by atoms with Crippen LogP contribution in [0.25, 0.3) is 16.4 Å². The molecule has 0 aliphatic carbocycles. The lowest BCUT2D eigenvalue weighted by Crippen LogP contribution is -2.00. The largest absolute Gasteiger partial charge is 0.300 e. The molecule has 22 heavy (non-hydrogen) atoms. The Kier molecular flexibility index (Phi) is 4.70. The van der Waals surface area contributed by atoms with Crippen LogP contribution in [0.5, 0.6) is 0 Å². The molecule has 0 bridgehead atoms. The normalized spacial score (nSPS) is 10.8. The number of thiophene rings is 1. The minimum Gasteiger partial charge on any atom is -0.300 e. The van der Waals surface area contributed by atoms with E-state index in [4.69, 9.17) is 0 Å². The van der Waals surface area contributed by atoms with Crippen LogP contribution in [0.2, 0.25) is 0 Å². The van der Waals surface area contributed by atoms with E-state index in [1.807, 2.05) is 47.8 Å². The van der Waals surface area contributed by atoms with Crippen LogP contribution in [0.15, 0.2) is 53.0 Å². The van der Waals surface area contributed by atoms with Crippen molar-refractivity contribution in [2.24, 2.45) is 0 Å². The first-order valence-corrected chi connectivity index (χ1v) is 8.79. The highest BCUT2D eigenvalue weighted by atomic mass is 32.2. The Hall–Kier alpha value is -1.92. The van der Waals surface area contributed by atoms with Crippen molar-refractivity contribution < 1.29 is 4.79 Å². The molecular formula is C16H15N3OS2. The third kappa shape index (κ3) is 3.28. The molecule has 6 heteroatoms. The Balaban J connectivity index is 1.98. The zero-order chi connectivity index (χ0) is 15.4. The summed E-state index contributed by atoms with van der Waals surface area (Å²) in [7, 11) is 0. The molecule has 0 radical (unpaired) electrons. The monoisotopic (exact) mass is 329 g/mol. The molecule has 0 N–H and O–H groups in total. The molecule has 0 unspecified atom stereocenters. The number of rotatable bonds is 6. The zero-order valence-corrected chi connectivity index (χ0v) is 13.7. The smallest absolute Gasteiger partial charge is 0.196 e. The Morgan fingerprint density at radius 3 is 2.68 bits per heavy atom. The van der Waals surface area contributed by atoms with Crippen molar-refractivity contribution in [1.29, 1.82) is 0 Å². The maximum atomic E-state index is 11.1. The van der Waals surface area contributed by atoms with Crippen molar-refractivity contribution in [3.05, 3.63) is 47.8 Å². The van der Waals surface area contributed by atoms with Gasteiger partial charge in [-0.2, -0.15) is 0 Å². The summed E-state index contributed by atoms with van der Waals surface area (Å²) in [5.41, 5.74) is 1.03. The first-order valence-electron chi connectivity index (χ1n) is 6.92. The first kappa shape index (κ1) is 15.0. The van der Waals surface area contributed by atoms with Gasteiger partial charge in [0, 0.05) is 17.9 Å². The minimum absolute atomic E-state index is 0.191. The molecule has 0 fully saturated rings. The summed E-state index contributed by atoms with van der Waals surface area (Å²) in [6.07, 6.45) is 0.542. The fourth-order valence-corrected chi connectivity index (χ4v) is 3.71. The number of hydrogen-bond donors (Lipinski definition) is 0. The van der Waals surface area contributed by atoms with Crippen LogP contribution in [-0.4, -0.2) is 26.3 Å². The van der Waals surface area contributed by atoms with E-state index in [0.29, 0.717) is 12.2 Å². The number of para-hydroxylation sites is 1. The average molecular weight is 329 g/mol. The lowest BCUT2D eigenvalue weighted by molar-refractivity contribution is -0.116. The highest BCUT2D eigenvalue weighted by Gasteiger charge is 2.16. The second-order valence-electron chi connectivity index (χ2n) is 4.75. The highest BCUT2D eigenvalue weighted by molar-refractivity contribution is 7.99. The molecule has 112 valence electrons. The van der Waals surface area contributed by atoms with Crippen molar-refractivity contribution in [3.8, 4) is 16.4 Å². The van der Waals surface area contributed by atoms with E-state index in [2.05, 4.69) is 14.8 Å². The Labute approximate surface area is 137 Å². The first-order chi connectivity index (χ1) is 10.8. The maximum Gasteiger partial charge on any atom is 0.196 e. The Morgan fingerprint density at radius 2 is 2.00 bits per heavy atom. The van der Waals surface area contributed by atoms with E-state index >= 15 is 0 Å². The summed E-state index contributed by atoms with van der Waals surface area (Å²) in [4.78, 5) is 12.2. The molecule has 4 nitrogen and oxygen atoms in total. The number of thioether (sulfide) groups is 1. The zero-order valence-electron chi connectivity index (χ0n) is 12.1. The third-order valence-corrected chi connectivity index (χ3v) is 4.87. The van der Waals surface area contributed by atoms with Gasteiger partial charge in [-0.25, -0.2) is 0 Å². The summed E-state index contributed by atoms with van der Waals surface area (Å²) in [5.74, 6) is 1.74. The molecule has 0 aliphatic rings. The third-order valence-electron chi connectivity index (χ3n) is 3.07. The van der Waals surface area contributed by atoms with Crippen LogP contribution in [0, 0.1) is 0 Å². The van der Waals surface area contributed by atoms with Crippen molar-refractivity contribution in [2.45, 2.75) is 18.5 Å². The van der Waals surface area contributed by atoms with E-state index in [1.54, 1.807) is 30.0 Å². The summed E-state index contributed by atoms with van der Waals surface area (Å²) in [5, 5.41) is 11.5. The molecule has 0 amide bonds. The molecule has 0 saturated heterocycles. The molecule has 3 rings (SSSR count). The number of carbonyl (C=O) groups is 1. The number of benzene rings is 1. The van der Waals surface area contributed by atoms with Gasteiger partial charge in [0.1, 0.15) is 5.78 Å². The van der Waals surface area contributed by atoms with Gasteiger partial charge in [-0.3, -0.25) is 9.36 Å². The quantitative estimate of drug-likeness (QED) is 0.640. The molecule has 0 saturated carbocycles. The van der Waals surface area contributed by atoms with E-state index in [0.717, 1.165) is 21.5 Å². The highest BCUT2D eigenvalue weighted by Crippen LogP contribution is 2.30. The van der Waals surface area contributed by atoms with Crippen LogP contribution in [0.1, 0.15) is 13.3 Å². The summed E-state index contributed by atoms with van der Waals surface area (Å²) in [6, 6.07) is 14.1. The molecule has 1 aromatic carbocycles. The van der Waals surface area contributed by atoms with E-state index in [-0.39, 0.29) is 5.78 Å². The summed E-state index contributed by atoms with van der Waals surface area (Å²) in [6.45, 7) is 1.61. The van der Waals surface area contributed by atoms with Crippen molar-refractivity contribution >= 4 is 28.9 Å². The molecule has 0 aliphatic heterocycles. The van der Waals surface area contributed by atoms with Crippen LogP contribution >= 0.6 is 23.1 Å². The molecular weight excluding hydrogens is 314 g/mol. The van der Waals surface area contributed by atoms with Gasteiger partial charge in [0.05, 0.1) is 4.88 Å². The van der Waals surface area contributed by atoms with Crippen LogP contribution in [0.4, 0.5) is 0 Å². The summed E-state index contributed by atoms with van der Waals surface area (Å²) >= 11 is 3.20. The average Bonchev–Trinajstić information content (AvgIpc) is 3.16. The van der Waals surface area contributed by atoms with E-state index < -0.39 is 0 Å². The van der Waals surface area contributed by atoms with Crippen LogP contribution in [-0.2, 0) is 4.79 Å². The Bertz CT molecular complexity index is 751. The number of aromatic nitrogens is 3. The van der Waals surface area contributed by atoms with Crippen LogP contribution in [0.3, 0.4) is 0 Å². The Morgan fingerprint density at radius 1 is 1.18 bits per heavy atom. The van der Waals surface area contributed by atoms with Gasteiger partial charge in [-0.1, -0.05) is 36.0 Å². The van der Waals surface area contributed by atoms with Crippen molar-refractivity contribution in [2.75, 3.05) is 5.75 Å². The predicted octanol–water partition coefficient (Wildman–Crippen LogP) is 4.07. The van der Waals surface area contributed by atoms with Gasteiger partial charge < -0.3 is 0 Å². The minimum atomic E-state index is 0.191. The topological polar surface area (TPSA) is 47.8 Å². The van der Waals surface area contributed by atoms with Crippen molar-refractivity contribution in [1.82, 2.24) is 14.8 Å². The van der Waals surface area contributed by atoms with E-state index in [9.17, 15) is 4.79 Å². The lowest BCUT2D eigenvalue weighted by atomic mass is 10.3. The predicted molar refractivity (Wildman–Crippen MR) is 90.7 cm³/mol. The number of Topliss-reactive ketones (excluding diaryl/α,β-unsaturated/α-hetero) is 1. The van der Waals surface area contributed by atoms with Gasteiger partial charge in [-0.05, 0) is 30.5 Å². The van der Waals surface area contributed by atoms with Crippen LogP contribution < -0.4 is 0 Å². The van der Waals surface area contributed by atoms with Gasteiger partial charge >= 0.3 is 0 Å². The number of nitrogens with zero attached hydrogens (tertiary/aromatic N) is 3. The molecule has 0 atom stereocenters. The fraction of sp³-hybridized carbons (Fsp3) is 0.188. The van der Waals surface area contributed by atoms with Gasteiger partial charge in [-0.15, -0.1) is 21.5 Å². The second-order valence-corrected chi connectivity index (χ2v) is 6.76. The summed E-state index contributed by atoms with van der Waals surface area (Å²) < 4.78 is 2.05. The van der Waals surface area contributed by atoms with Gasteiger partial charge in [0.25, 0.3) is 0 Å². The van der Waals surface area contributed by atoms with Crippen molar-refractivity contribution in [3.63, 3.8) is 0 Å². The number of hydrogen-bond acceptors (Lipinski definition) is 5. The number of ketones is 1. The second kappa shape index (κ2) is 6.89. The van der Waals surface area contributed by atoms with E-state index in [1.165, 1.54) is 0 Å². The SMILES string of the molecule is CC(=O)CCSc1nnc(-c2cccs2)n1-c1ccccc1. The lowest BCUT2D eigenvalue weighted by Gasteiger charge is -2.09. The molecule has 3 aromatic rings. The molecule has 0 spiro atoms. The fourth-order valence-electron chi connectivity index (χ4n) is 2.02. The van der Waals surface area contributed by atoms with Gasteiger partial charge in [0.2, 0.25) is 0 Å². The maximum absolute atomic E-state index is 11.1. The standard InChI is InChI=1S/C16H15N3OS2/c1-12(20)9-11-22-16-18-17-15(14-8-5-10-21-14)19(16)13-6-3-2-4-7-13/h2-8,10H,9,11H2,1H3. The molecule has 2 heterocycles. The number of carbonyl (C=O) groups excluding carboxylic acids is 1.